The molecule has 0 aromatic heterocycles. The zero-order valence-electron chi connectivity index (χ0n) is 13.1. The van der Waals surface area contributed by atoms with Gasteiger partial charge in [-0.15, -0.1) is 0 Å². The summed E-state index contributed by atoms with van der Waals surface area (Å²) in [6.45, 7) is 3.95. The van der Waals surface area contributed by atoms with Crippen LogP contribution < -0.4 is 5.11 Å². The van der Waals surface area contributed by atoms with Crippen molar-refractivity contribution in [2.75, 3.05) is 0 Å². The van der Waals surface area contributed by atoms with E-state index in [0.717, 1.165) is 29.3 Å². The number of nitrogens with zero attached hydrogens (tertiary/aromatic N) is 1. The van der Waals surface area contributed by atoms with Gasteiger partial charge in [-0.1, -0.05) is 73.6 Å². The molecule has 0 radical (unpaired) electrons. The van der Waals surface area contributed by atoms with Gasteiger partial charge in [0.1, 0.15) is 4.32 Å². The number of hydrogen-bond acceptors (Lipinski definition) is 5. The number of carboxylic acids is 1. The van der Waals surface area contributed by atoms with Gasteiger partial charge < -0.3 is 9.90 Å². The first-order valence-corrected chi connectivity index (χ1v) is 8.71. The summed E-state index contributed by atoms with van der Waals surface area (Å²) in [4.78, 5) is 25.6. The summed E-state index contributed by atoms with van der Waals surface area (Å²) < 4.78 is 0.277. The number of carbonyl (C=O) groups excluding carboxylic acids is 2. The molecule has 1 aliphatic heterocycles. The molecule has 1 atom stereocenters. The zero-order valence-corrected chi connectivity index (χ0v) is 14.7. The van der Waals surface area contributed by atoms with Crippen LogP contribution in [0.15, 0.2) is 29.2 Å². The highest BCUT2D eigenvalue weighted by Gasteiger charge is 2.37. The number of thiocarbonyl (C=S) groups is 1. The second-order valence-electron chi connectivity index (χ2n) is 5.44. The highest BCUT2D eigenvalue weighted by atomic mass is 32.2. The molecule has 1 amide bonds. The van der Waals surface area contributed by atoms with Gasteiger partial charge in [-0.2, -0.15) is 0 Å². The minimum Gasteiger partial charge on any atom is -0.548 e. The molecule has 0 bridgehead atoms. The number of hydrogen-bond donors (Lipinski definition) is 0. The molecule has 1 heterocycles. The van der Waals surface area contributed by atoms with Crippen molar-refractivity contribution < 1.29 is 14.7 Å². The maximum atomic E-state index is 12.6. The van der Waals surface area contributed by atoms with Crippen molar-refractivity contribution in [3.63, 3.8) is 0 Å². The summed E-state index contributed by atoms with van der Waals surface area (Å²) in [6, 6.07) is 6.74. The average Bonchev–Trinajstić information content (AvgIpc) is 2.77. The molecule has 122 valence electrons. The van der Waals surface area contributed by atoms with E-state index in [2.05, 4.69) is 0 Å². The number of aliphatic carboxylic acids is 1. The second-order valence-corrected chi connectivity index (χ2v) is 7.12. The van der Waals surface area contributed by atoms with Crippen LogP contribution in [0.3, 0.4) is 0 Å². The molecule has 0 spiro atoms. The topological polar surface area (TPSA) is 60.4 Å². The lowest BCUT2D eigenvalue weighted by atomic mass is 10.1. The number of carbonyl (C=O) groups is 2. The fraction of sp³-hybridized carbons (Fsp3) is 0.353. The van der Waals surface area contributed by atoms with Crippen LogP contribution in [0, 0.1) is 6.92 Å². The maximum absolute atomic E-state index is 12.6. The molecule has 1 fully saturated rings. The van der Waals surface area contributed by atoms with Gasteiger partial charge >= 0.3 is 0 Å². The predicted molar refractivity (Wildman–Crippen MR) is 94.5 cm³/mol. The van der Waals surface area contributed by atoms with E-state index in [-0.39, 0.29) is 10.2 Å². The molecule has 1 aromatic rings. The van der Waals surface area contributed by atoms with Crippen molar-refractivity contribution in [3.8, 4) is 0 Å². The van der Waals surface area contributed by atoms with Crippen LogP contribution >= 0.6 is 24.0 Å². The van der Waals surface area contributed by atoms with Gasteiger partial charge in [0.25, 0.3) is 5.91 Å². The standard InChI is InChI=1S/C17H19NO3S2/c1-3-4-5-13(16(20)21)18-15(19)14(23-17(18)22)10-12-8-6-11(2)7-9-12/h6-10,13H,3-5H2,1-2H3,(H,20,21)/p-1/b14-10-/t13-/m0/s1. The van der Waals surface area contributed by atoms with Crippen molar-refractivity contribution in [2.45, 2.75) is 39.2 Å². The largest absolute Gasteiger partial charge is 0.548 e. The highest BCUT2D eigenvalue weighted by molar-refractivity contribution is 8.26. The molecule has 1 saturated heterocycles. The van der Waals surface area contributed by atoms with Crippen molar-refractivity contribution in [1.29, 1.82) is 0 Å². The van der Waals surface area contributed by atoms with Gasteiger partial charge in [-0.05, 0) is 25.0 Å². The number of aryl methyl sites for hydroxylation is 1. The molecule has 6 heteroatoms. The summed E-state index contributed by atoms with van der Waals surface area (Å²) in [5.74, 6) is -1.61. The van der Waals surface area contributed by atoms with E-state index in [1.54, 1.807) is 6.08 Å². The molecule has 1 aliphatic rings. The molecule has 0 aliphatic carbocycles. The number of rotatable bonds is 6. The van der Waals surface area contributed by atoms with Crippen LogP contribution in [0.2, 0.25) is 0 Å². The molecule has 0 unspecified atom stereocenters. The van der Waals surface area contributed by atoms with E-state index in [9.17, 15) is 14.7 Å². The lowest BCUT2D eigenvalue weighted by Crippen LogP contribution is -2.49. The third kappa shape index (κ3) is 4.20. The van der Waals surface area contributed by atoms with Gasteiger partial charge in [0, 0.05) is 0 Å². The van der Waals surface area contributed by atoms with Gasteiger partial charge in [-0.25, -0.2) is 0 Å². The second kappa shape index (κ2) is 7.75. The van der Waals surface area contributed by atoms with E-state index in [1.165, 1.54) is 4.90 Å². The number of thioether (sulfide) groups is 1. The Morgan fingerprint density at radius 3 is 2.61 bits per heavy atom. The Bertz CT molecular complexity index is 652. The number of carboxylic acid groups (broad SMARTS) is 1. The molecule has 23 heavy (non-hydrogen) atoms. The van der Waals surface area contributed by atoms with Crippen LogP contribution in [0.1, 0.15) is 37.3 Å². The molecule has 1 aromatic carbocycles. The summed E-state index contributed by atoms with van der Waals surface area (Å²) in [5, 5.41) is 11.4. The quantitative estimate of drug-likeness (QED) is 0.584. The summed E-state index contributed by atoms with van der Waals surface area (Å²) >= 11 is 6.35. The zero-order chi connectivity index (χ0) is 17.0. The number of unbranched alkanes of at least 4 members (excludes halogenated alkanes) is 1. The highest BCUT2D eigenvalue weighted by Crippen LogP contribution is 2.34. The van der Waals surface area contributed by atoms with Crippen molar-refractivity contribution >= 4 is 46.3 Å². The molecular weight excluding hydrogens is 330 g/mol. The number of amides is 1. The SMILES string of the molecule is CCCC[C@@H](C(=O)[O-])N1C(=O)/C(=C/c2ccc(C)cc2)SC1=S. The predicted octanol–water partition coefficient (Wildman–Crippen LogP) is 2.50. The van der Waals surface area contributed by atoms with Gasteiger partial charge in [0.2, 0.25) is 0 Å². The van der Waals surface area contributed by atoms with Crippen LogP contribution in [0.25, 0.3) is 6.08 Å². The Morgan fingerprint density at radius 2 is 2.04 bits per heavy atom. The molecule has 4 nitrogen and oxygen atoms in total. The Hall–Kier alpha value is -1.66. The van der Waals surface area contributed by atoms with E-state index in [0.29, 0.717) is 17.7 Å². The summed E-state index contributed by atoms with van der Waals surface area (Å²) in [7, 11) is 0. The van der Waals surface area contributed by atoms with Gasteiger partial charge in [-0.3, -0.25) is 9.69 Å². The van der Waals surface area contributed by atoms with Gasteiger partial charge in [0.15, 0.2) is 0 Å². The summed E-state index contributed by atoms with van der Waals surface area (Å²) in [5.41, 5.74) is 2.01. The van der Waals surface area contributed by atoms with Crippen molar-refractivity contribution in [1.82, 2.24) is 4.90 Å². The molecule has 0 N–H and O–H groups in total. The minimum absolute atomic E-state index is 0.277. The summed E-state index contributed by atoms with van der Waals surface area (Å²) in [6.07, 6.45) is 3.64. The van der Waals surface area contributed by atoms with E-state index < -0.39 is 12.0 Å². The Morgan fingerprint density at radius 1 is 1.39 bits per heavy atom. The fourth-order valence-electron chi connectivity index (χ4n) is 2.31. The Labute approximate surface area is 145 Å². The molecule has 2 rings (SSSR count). The molecular formula is C17H18NO3S2-. The number of benzene rings is 1. The van der Waals surface area contributed by atoms with Crippen LogP contribution in [-0.2, 0) is 9.59 Å². The fourth-order valence-corrected chi connectivity index (χ4v) is 3.67. The first-order valence-electron chi connectivity index (χ1n) is 7.48. The normalized spacial score (nSPS) is 17.8. The van der Waals surface area contributed by atoms with E-state index in [1.807, 2.05) is 38.1 Å². The first kappa shape index (κ1) is 17.7. The monoisotopic (exact) mass is 348 g/mol. The third-order valence-electron chi connectivity index (χ3n) is 3.61. The van der Waals surface area contributed by atoms with Crippen LogP contribution in [-0.4, -0.2) is 27.1 Å². The maximum Gasteiger partial charge on any atom is 0.266 e. The Balaban J connectivity index is 2.24. The van der Waals surface area contributed by atoms with Crippen molar-refractivity contribution in [3.05, 3.63) is 40.3 Å². The smallest absolute Gasteiger partial charge is 0.266 e. The van der Waals surface area contributed by atoms with Gasteiger partial charge in [0.05, 0.1) is 16.9 Å². The lowest BCUT2D eigenvalue weighted by Gasteiger charge is -2.27. The lowest BCUT2D eigenvalue weighted by molar-refractivity contribution is -0.310. The van der Waals surface area contributed by atoms with Crippen LogP contribution in [0.4, 0.5) is 0 Å². The van der Waals surface area contributed by atoms with Crippen molar-refractivity contribution in [2.24, 2.45) is 0 Å². The van der Waals surface area contributed by atoms with E-state index >= 15 is 0 Å². The first-order chi connectivity index (χ1) is 10.9. The molecule has 0 saturated carbocycles. The Kier molecular flexibility index (Phi) is 5.96. The average molecular weight is 348 g/mol. The van der Waals surface area contributed by atoms with Crippen LogP contribution in [0.5, 0.6) is 0 Å². The van der Waals surface area contributed by atoms with E-state index in [4.69, 9.17) is 12.2 Å². The third-order valence-corrected chi connectivity index (χ3v) is 4.94. The minimum atomic E-state index is -1.26.